The molecule has 0 saturated heterocycles. The highest BCUT2D eigenvalue weighted by Gasteiger charge is 1.81. The van der Waals surface area contributed by atoms with E-state index in [2.05, 4.69) is 18.5 Å². The van der Waals surface area contributed by atoms with Crippen LogP contribution < -0.4 is 0 Å². The molecule has 8 heavy (non-hydrogen) atoms. The zero-order valence-electron chi connectivity index (χ0n) is 5.86. The van der Waals surface area contributed by atoms with Crippen molar-refractivity contribution in [2.75, 3.05) is 0 Å². The summed E-state index contributed by atoms with van der Waals surface area (Å²) in [6, 6.07) is 0. The van der Waals surface area contributed by atoms with E-state index in [0.29, 0.717) is 0 Å². The Morgan fingerprint density at radius 1 is 1.50 bits per heavy atom. The van der Waals surface area contributed by atoms with Crippen LogP contribution >= 0.6 is 0 Å². The lowest BCUT2D eigenvalue weighted by atomic mass is 10.3. The molecule has 0 radical (unpaired) electrons. The van der Waals surface area contributed by atoms with Gasteiger partial charge in [0.05, 0.1) is 0 Å². The van der Waals surface area contributed by atoms with Crippen molar-refractivity contribution in [2.24, 2.45) is 4.99 Å². The Morgan fingerprint density at radius 2 is 2.00 bits per heavy atom. The molecule has 46 valence electrons. The highest BCUT2D eigenvalue weighted by molar-refractivity contribution is 5.82. The van der Waals surface area contributed by atoms with Crippen LogP contribution in [0.25, 0.3) is 0 Å². The molecule has 0 fully saturated rings. The Balaban J connectivity index is 3.75. The van der Waals surface area contributed by atoms with Crippen LogP contribution in [0.3, 0.4) is 0 Å². The molecular weight excluding hydrogens is 98.1 g/mol. The molecule has 0 aromatic carbocycles. The van der Waals surface area contributed by atoms with Crippen LogP contribution in [-0.4, -0.2) is 5.71 Å². The fraction of sp³-hybridized carbons (Fsp3) is 0.571. The number of aliphatic imine (C=N–C) groups is 1. The van der Waals surface area contributed by atoms with Crippen LogP contribution in [0.4, 0.5) is 0 Å². The molecule has 0 spiro atoms. The highest BCUT2D eigenvalue weighted by atomic mass is 14.7. The second-order valence-corrected chi connectivity index (χ2v) is 1.94. The van der Waals surface area contributed by atoms with E-state index >= 15 is 0 Å². The minimum absolute atomic E-state index is 0.893. The van der Waals surface area contributed by atoms with Gasteiger partial charge in [0, 0.05) is 11.4 Å². The average molecular weight is 111 g/mol. The summed E-state index contributed by atoms with van der Waals surface area (Å²) in [6.07, 6.45) is 1.02. The maximum Gasteiger partial charge on any atom is 0.0300 e. The van der Waals surface area contributed by atoms with E-state index in [1.54, 1.807) is 0 Å². The summed E-state index contributed by atoms with van der Waals surface area (Å²) < 4.78 is 0. The van der Waals surface area contributed by atoms with Crippen molar-refractivity contribution in [3.05, 3.63) is 12.3 Å². The molecule has 0 unspecified atom stereocenters. The van der Waals surface area contributed by atoms with Crippen molar-refractivity contribution in [1.29, 1.82) is 0 Å². The Morgan fingerprint density at radius 3 is 2.12 bits per heavy atom. The summed E-state index contributed by atoms with van der Waals surface area (Å²) in [6.45, 7) is 9.65. The Kier molecular flexibility index (Phi) is 3.16. The molecule has 0 bridgehead atoms. The van der Waals surface area contributed by atoms with Crippen LogP contribution in [0.1, 0.15) is 27.2 Å². The molecule has 0 N–H and O–H groups in total. The molecule has 1 nitrogen and oxygen atoms in total. The third-order valence-electron chi connectivity index (χ3n) is 0.893. The Bertz CT molecular complexity index is 112. The van der Waals surface area contributed by atoms with Gasteiger partial charge in [0.15, 0.2) is 0 Å². The SMILES string of the molecule is C=C(C)N=C(C)CC. The number of hydrogen-bond donors (Lipinski definition) is 0. The molecule has 0 aliphatic rings. The van der Waals surface area contributed by atoms with Gasteiger partial charge in [-0.1, -0.05) is 13.5 Å². The van der Waals surface area contributed by atoms with Crippen molar-refractivity contribution in [2.45, 2.75) is 27.2 Å². The smallest absolute Gasteiger partial charge is 0.0300 e. The minimum atomic E-state index is 0.893. The predicted octanol–water partition coefficient (Wildman–Crippen LogP) is 2.39. The average Bonchev–Trinajstić information content (AvgIpc) is 1.65. The summed E-state index contributed by atoms with van der Waals surface area (Å²) in [5.41, 5.74) is 2.04. The van der Waals surface area contributed by atoms with E-state index in [1.807, 2.05) is 13.8 Å². The lowest BCUT2D eigenvalue weighted by Crippen LogP contribution is -1.85. The summed E-state index contributed by atoms with van der Waals surface area (Å²) in [5.74, 6) is 0. The topological polar surface area (TPSA) is 12.4 Å². The third-order valence-corrected chi connectivity index (χ3v) is 0.893. The third kappa shape index (κ3) is 3.59. The second kappa shape index (κ2) is 3.42. The van der Waals surface area contributed by atoms with Crippen LogP contribution in [0.2, 0.25) is 0 Å². The molecule has 1 heteroatoms. The summed E-state index contributed by atoms with van der Waals surface area (Å²) in [5, 5.41) is 0. The van der Waals surface area contributed by atoms with E-state index in [0.717, 1.165) is 17.8 Å². The highest BCUT2D eigenvalue weighted by Crippen LogP contribution is 1.92. The van der Waals surface area contributed by atoms with Crippen LogP contribution in [-0.2, 0) is 0 Å². The van der Waals surface area contributed by atoms with Gasteiger partial charge in [-0.05, 0) is 20.3 Å². The first kappa shape index (κ1) is 7.41. The quantitative estimate of drug-likeness (QED) is 0.485. The van der Waals surface area contributed by atoms with Crippen molar-refractivity contribution < 1.29 is 0 Å². The maximum absolute atomic E-state index is 4.12. The van der Waals surface area contributed by atoms with Gasteiger partial charge in [0.25, 0.3) is 0 Å². The van der Waals surface area contributed by atoms with Gasteiger partial charge < -0.3 is 0 Å². The number of rotatable bonds is 2. The number of nitrogens with zero attached hydrogens (tertiary/aromatic N) is 1. The van der Waals surface area contributed by atoms with Gasteiger partial charge in [-0.2, -0.15) is 0 Å². The largest absolute Gasteiger partial charge is 0.263 e. The predicted molar refractivity (Wildman–Crippen MR) is 38.2 cm³/mol. The first-order valence-electron chi connectivity index (χ1n) is 2.86. The van der Waals surface area contributed by atoms with E-state index in [1.165, 1.54) is 0 Å². The first-order chi connectivity index (χ1) is 3.66. The standard InChI is InChI=1S/C7H13N/c1-5-7(4)8-6(2)3/h2,5H2,1,3-4H3. The zero-order valence-corrected chi connectivity index (χ0v) is 5.86. The van der Waals surface area contributed by atoms with Crippen LogP contribution in [0.5, 0.6) is 0 Å². The molecule has 0 heterocycles. The van der Waals surface area contributed by atoms with Gasteiger partial charge in [0.2, 0.25) is 0 Å². The van der Waals surface area contributed by atoms with Gasteiger partial charge in [0.1, 0.15) is 0 Å². The van der Waals surface area contributed by atoms with Crippen molar-refractivity contribution in [1.82, 2.24) is 0 Å². The molecule has 0 aliphatic carbocycles. The van der Waals surface area contributed by atoms with Crippen molar-refractivity contribution in [3.8, 4) is 0 Å². The van der Waals surface area contributed by atoms with Gasteiger partial charge in [-0.15, -0.1) is 0 Å². The molecule has 0 rings (SSSR count). The van der Waals surface area contributed by atoms with Crippen molar-refractivity contribution >= 4 is 5.71 Å². The Labute approximate surface area is 51.1 Å². The van der Waals surface area contributed by atoms with E-state index < -0.39 is 0 Å². The van der Waals surface area contributed by atoms with Crippen molar-refractivity contribution in [3.63, 3.8) is 0 Å². The number of hydrogen-bond acceptors (Lipinski definition) is 1. The first-order valence-corrected chi connectivity index (χ1v) is 2.86. The second-order valence-electron chi connectivity index (χ2n) is 1.94. The van der Waals surface area contributed by atoms with E-state index in [-0.39, 0.29) is 0 Å². The molecule has 0 amide bonds. The minimum Gasteiger partial charge on any atom is -0.263 e. The molecule has 0 saturated carbocycles. The molecule has 0 aliphatic heterocycles. The monoisotopic (exact) mass is 111 g/mol. The van der Waals surface area contributed by atoms with Gasteiger partial charge in [-0.3, -0.25) is 4.99 Å². The number of allylic oxidation sites excluding steroid dienone is 1. The molecule has 0 aromatic rings. The Hall–Kier alpha value is -0.590. The molecule has 0 atom stereocenters. The normalized spacial score (nSPS) is 11.6. The van der Waals surface area contributed by atoms with E-state index in [4.69, 9.17) is 0 Å². The lowest BCUT2D eigenvalue weighted by molar-refractivity contribution is 1.21. The fourth-order valence-electron chi connectivity index (χ4n) is 0.405. The fourth-order valence-corrected chi connectivity index (χ4v) is 0.405. The summed E-state index contributed by atoms with van der Waals surface area (Å²) in [7, 11) is 0. The summed E-state index contributed by atoms with van der Waals surface area (Å²) in [4.78, 5) is 4.12. The van der Waals surface area contributed by atoms with Crippen LogP contribution in [0, 0.1) is 0 Å². The van der Waals surface area contributed by atoms with Crippen LogP contribution in [0.15, 0.2) is 17.3 Å². The lowest BCUT2D eigenvalue weighted by Gasteiger charge is -1.91. The van der Waals surface area contributed by atoms with Gasteiger partial charge in [-0.25, -0.2) is 0 Å². The maximum atomic E-state index is 4.12. The summed E-state index contributed by atoms with van der Waals surface area (Å²) >= 11 is 0. The zero-order chi connectivity index (χ0) is 6.57. The molecule has 0 aromatic heterocycles. The van der Waals surface area contributed by atoms with Gasteiger partial charge >= 0.3 is 0 Å². The van der Waals surface area contributed by atoms with E-state index in [9.17, 15) is 0 Å². The molecular formula is C7H13N.